The number of likely N-dealkylation sites (N-methyl/N-ethyl adjacent to an activating group) is 1. The zero-order chi connectivity index (χ0) is 28.6. The summed E-state index contributed by atoms with van der Waals surface area (Å²) in [6.07, 6.45) is 3.43. The van der Waals surface area contributed by atoms with Crippen molar-refractivity contribution in [2.45, 2.75) is 19.3 Å². The first-order valence-electron chi connectivity index (χ1n) is 14.5. The molecule has 0 radical (unpaired) electrons. The van der Waals surface area contributed by atoms with Gasteiger partial charge in [-0.05, 0) is 79.9 Å². The topological polar surface area (TPSA) is 97.0 Å². The summed E-state index contributed by atoms with van der Waals surface area (Å²) in [4.78, 5) is 35.6. The van der Waals surface area contributed by atoms with Crippen LogP contribution in [0.15, 0.2) is 66.7 Å². The van der Waals surface area contributed by atoms with Gasteiger partial charge >= 0.3 is 0 Å². The summed E-state index contributed by atoms with van der Waals surface area (Å²) in [7, 11) is 2.15. The molecule has 3 aliphatic rings. The van der Waals surface area contributed by atoms with E-state index >= 15 is 0 Å². The third kappa shape index (κ3) is 5.20. The van der Waals surface area contributed by atoms with Crippen molar-refractivity contribution in [3.05, 3.63) is 77.9 Å². The van der Waals surface area contributed by atoms with Crippen LogP contribution < -0.4 is 15.5 Å². The summed E-state index contributed by atoms with van der Waals surface area (Å²) in [5.41, 5.74) is 11.7. The highest BCUT2D eigenvalue weighted by atomic mass is 16.2. The normalized spacial score (nSPS) is 19.1. The molecule has 41 heavy (non-hydrogen) atoms. The van der Waals surface area contributed by atoms with E-state index in [0.717, 1.165) is 49.4 Å². The molecule has 3 saturated heterocycles. The number of carbonyl (C=O) groups is 2. The quantitative estimate of drug-likeness (QED) is 0.357. The number of nitrogens with one attached hydrogen (secondary N) is 1. The van der Waals surface area contributed by atoms with Gasteiger partial charge in [-0.15, -0.1) is 0 Å². The highest BCUT2D eigenvalue weighted by Gasteiger charge is 2.49. The molecule has 214 valence electrons. The lowest BCUT2D eigenvalue weighted by Gasteiger charge is -2.38. The lowest BCUT2D eigenvalue weighted by atomic mass is 9.77. The SMILES string of the molecule is CN1CCN(c2ccc(C(=O)N3CCC4(CC3)CCN(c3cccc(-c5ccc(C=N)c(N)c5)c3)C4=O)cc2)CC1.[HH]. The molecular weight excluding hydrogens is 512 g/mol. The van der Waals surface area contributed by atoms with Crippen LogP contribution >= 0.6 is 0 Å². The third-order valence-corrected chi connectivity index (χ3v) is 9.24. The van der Waals surface area contributed by atoms with Gasteiger partial charge in [0.2, 0.25) is 5.91 Å². The molecule has 3 heterocycles. The largest absolute Gasteiger partial charge is 0.398 e. The van der Waals surface area contributed by atoms with E-state index in [-0.39, 0.29) is 13.2 Å². The van der Waals surface area contributed by atoms with Crippen LogP contribution in [0, 0.1) is 10.8 Å². The molecule has 8 nitrogen and oxygen atoms in total. The van der Waals surface area contributed by atoms with Crippen LogP contribution in [0.4, 0.5) is 17.1 Å². The molecule has 8 heteroatoms. The van der Waals surface area contributed by atoms with Crippen LogP contribution in [0.25, 0.3) is 11.1 Å². The average molecular weight is 553 g/mol. The van der Waals surface area contributed by atoms with E-state index in [1.807, 2.05) is 64.4 Å². The van der Waals surface area contributed by atoms with Gasteiger partial charge in [0, 0.05) is 81.6 Å². The minimum Gasteiger partial charge on any atom is -0.398 e. The van der Waals surface area contributed by atoms with Crippen LogP contribution in [-0.2, 0) is 4.79 Å². The van der Waals surface area contributed by atoms with Gasteiger partial charge in [-0.25, -0.2) is 0 Å². The summed E-state index contributed by atoms with van der Waals surface area (Å²) in [6, 6.07) is 21.7. The Morgan fingerprint density at radius 1 is 0.854 bits per heavy atom. The van der Waals surface area contributed by atoms with E-state index in [1.54, 1.807) is 0 Å². The van der Waals surface area contributed by atoms with Crippen LogP contribution in [0.2, 0.25) is 0 Å². The predicted molar refractivity (Wildman–Crippen MR) is 167 cm³/mol. The maximum absolute atomic E-state index is 13.8. The summed E-state index contributed by atoms with van der Waals surface area (Å²) in [6.45, 7) is 5.97. The lowest BCUT2D eigenvalue weighted by Crippen LogP contribution is -2.46. The molecule has 1 spiro atoms. The van der Waals surface area contributed by atoms with Crippen LogP contribution in [0.3, 0.4) is 0 Å². The summed E-state index contributed by atoms with van der Waals surface area (Å²) < 4.78 is 0. The number of likely N-dealkylation sites (tertiary alicyclic amines) is 1. The Hall–Kier alpha value is -4.17. The Morgan fingerprint density at radius 3 is 2.22 bits per heavy atom. The van der Waals surface area contributed by atoms with Crippen molar-refractivity contribution in [1.29, 1.82) is 5.41 Å². The second kappa shape index (κ2) is 11.0. The van der Waals surface area contributed by atoms with Gasteiger partial charge in [-0.2, -0.15) is 0 Å². The third-order valence-electron chi connectivity index (χ3n) is 9.24. The first-order valence-corrected chi connectivity index (χ1v) is 14.5. The van der Waals surface area contributed by atoms with Crippen molar-refractivity contribution < 1.29 is 11.0 Å². The molecule has 0 aromatic heterocycles. The zero-order valence-electron chi connectivity index (χ0n) is 23.7. The van der Waals surface area contributed by atoms with E-state index in [0.29, 0.717) is 49.3 Å². The van der Waals surface area contributed by atoms with Crippen molar-refractivity contribution in [2.75, 3.05) is 68.4 Å². The monoisotopic (exact) mass is 552 g/mol. The molecule has 2 amide bonds. The minimum atomic E-state index is -0.409. The molecule has 3 aliphatic heterocycles. The van der Waals surface area contributed by atoms with Gasteiger partial charge in [0.25, 0.3) is 5.91 Å². The molecule has 3 aromatic rings. The molecule has 3 N–H and O–H groups in total. The molecule has 0 saturated carbocycles. The average Bonchev–Trinajstić information content (AvgIpc) is 3.32. The molecule has 6 rings (SSSR count). The molecule has 0 atom stereocenters. The molecule has 3 aromatic carbocycles. The summed E-state index contributed by atoms with van der Waals surface area (Å²) in [5.74, 6) is 0.213. The summed E-state index contributed by atoms with van der Waals surface area (Å²) in [5, 5.41) is 7.48. The number of rotatable bonds is 5. The van der Waals surface area contributed by atoms with Gasteiger partial charge in [-0.3, -0.25) is 9.59 Å². The molecule has 3 fully saturated rings. The number of amides is 2. The number of anilines is 3. The number of nitrogens with zero attached hydrogens (tertiary/aromatic N) is 4. The molecule has 0 unspecified atom stereocenters. The highest BCUT2D eigenvalue weighted by molar-refractivity contribution is 6.01. The van der Waals surface area contributed by atoms with Crippen molar-refractivity contribution in [1.82, 2.24) is 9.80 Å². The zero-order valence-corrected chi connectivity index (χ0v) is 23.7. The van der Waals surface area contributed by atoms with Gasteiger partial charge in [0.1, 0.15) is 0 Å². The summed E-state index contributed by atoms with van der Waals surface area (Å²) >= 11 is 0. The van der Waals surface area contributed by atoms with Crippen molar-refractivity contribution >= 4 is 35.1 Å². The van der Waals surface area contributed by atoms with Crippen molar-refractivity contribution in [3.63, 3.8) is 0 Å². The van der Waals surface area contributed by atoms with E-state index in [2.05, 4.69) is 29.0 Å². The van der Waals surface area contributed by atoms with Gasteiger partial charge in [-0.1, -0.05) is 24.3 Å². The Balaban J connectivity index is 0.00000353. The Labute approximate surface area is 243 Å². The number of hydrogen-bond acceptors (Lipinski definition) is 6. The second-order valence-corrected chi connectivity index (χ2v) is 11.7. The van der Waals surface area contributed by atoms with Crippen molar-refractivity contribution in [2.24, 2.45) is 5.41 Å². The highest BCUT2D eigenvalue weighted by Crippen LogP contribution is 2.44. The lowest BCUT2D eigenvalue weighted by molar-refractivity contribution is -0.127. The van der Waals surface area contributed by atoms with Gasteiger partial charge in [0.05, 0.1) is 5.41 Å². The fourth-order valence-corrected chi connectivity index (χ4v) is 6.47. The van der Waals surface area contributed by atoms with E-state index < -0.39 is 5.41 Å². The Kier molecular flexibility index (Phi) is 7.26. The predicted octanol–water partition coefficient (Wildman–Crippen LogP) is 4.59. The maximum atomic E-state index is 13.8. The van der Waals surface area contributed by atoms with Crippen molar-refractivity contribution in [3.8, 4) is 11.1 Å². The number of piperidine rings is 1. The number of piperazine rings is 1. The van der Waals surface area contributed by atoms with Crippen LogP contribution in [0.1, 0.15) is 36.6 Å². The number of nitrogens with two attached hydrogens (primary N) is 1. The number of nitrogen functional groups attached to an aromatic ring is 1. The van der Waals surface area contributed by atoms with Crippen LogP contribution in [0.5, 0.6) is 0 Å². The molecule has 0 bridgehead atoms. The van der Waals surface area contributed by atoms with Gasteiger partial charge in [0.15, 0.2) is 0 Å². The second-order valence-electron chi connectivity index (χ2n) is 11.7. The fraction of sp³-hybridized carbons (Fsp3) is 0.364. The minimum absolute atomic E-state index is 0. The van der Waals surface area contributed by atoms with E-state index in [9.17, 15) is 9.59 Å². The Bertz CT molecular complexity index is 1460. The van der Waals surface area contributed by atoms with E-state index in [1.165, 1.54) is 11.9 Å². The maximum Gasteiger partial charge on any atom is 0.253 e. The smallest absolute Gasteiger partial charge is 0.253 e. The number of benzene rings is 3. The standard InChI is InChI=1S/C33H38N6O2.H2/c1-36-17-19-37(20-18-36)28-9-7-24(8-10-28)31(40)38-14-11-33(12-15-38)13-16-39(32(33)41)29-4-2-3-25(21-29)26-5-6-27(23-34)30(35)22-26;/h2-10,21-23,34H,11-20,35H2,1H3;1H. The number of carbonyl (C=O) groups excluding carboxylic acids is 2. The fourth-order valence-electron chi connectivity index (χ4n) is 6.47. The Morgan fingerprint density at radius 2 is 1.54 bits per heavy atom. The first-order chi connectivity index (χ1) is 19.9. The van der Waals surface area contributed by atoms with E-state index in [4.69, 9.17) is 11.1 Å². The number of hydrogen-bond donors (Lipinski definition) is 2. The van der Waals surface area contributed by atoms with Crippen LogP contribution in [-0.4, -0.2) is 80.7 Å². The first kappa shape index (κ1) is 27.0. The van der Waals surface area contributed by atoms with Gasteiger partial charge < -0.3 is 30.7 Å². The molecular formula is C33H40N6O2. The molecule has 0 aliphatic carbocycles.